The summed E-state index contributed by atoms with van der Waals surface area (Å²) >= 11 is 0. The number of likely N-dealkylation sites (tertiary alicyclic amines) is 1. The van der Waals surface area contributed by atoms with Gasteiger partial charge in [0.1, 0.15) is 0 Å². The van der Waals surface area contributed by atoms with E-state index in [9.17, 15) is 4.79 Å². The van der Waals surface area contributed by atoms with E-state index in [-0.39, 0.29) is 5.91 Å². The van der Waals surface area contributed by atoms with Crippen LogP contribution in [0.1, 0.15) is 36.5 Å². The van der Waals surface area contributed by atoms with Crippen molar-refractivity contribution in [3.63, 3.8) is 0 Å². The Hall–Kier alpha value is -2.13. The molecule has 1 fully saturated rings. The van der Waals surface area contributed by atoms with E-state index in [4.69, 9.17) is 0 Å². The van der Waals surface area contributed by atoms with Gasteiger partial charge in [-0.25, -0.2) is 0 Å². The molecule has 1 amide bonds. The Kier molecular flexibility index (Phi) is 5.65. The van der Waals surface area contributed by atoms with Crippen LogP contribution in [0.4, 0.5) is 0 Å². The fourth-order valence-corrected chi connectivity index (χ4v) is 3.40. The van der Waals surface area contributed by atoms with Crippen LogP contribution in [-0.2, 0) is 0 Å². The lowest BCUT2D eigenvalue weighted by Crippen LogP contribution is -2.42. The summed E-state index contributed by atoms with van der Waals surface area (Å²) in [5.74, 6) is 0.0206. The molecule has 126 valence electrons. The van der Waals surface area contributed by atoms with E-state index >= 15 is 0 Å². The van der Waals surface area contributed by atoms with Crippen molar-refractivity contribution in [1.82, 2.24) is 10.2 Å². The summed E-state index contributed by atoms with van der Waals surface area (Å²) in [6, 6.07) is 18.5. The van der Waals surface area contributed by atoms with E-state index < -0.39 is 0 Å². The van der Waals surface area contributed by atoms with Crippen LogP contribution in [0.2, 0.25) is 0 Å². The fraction of sp³-hybridized carbons (Fsp3) is 0.381. The summed E-state index contributed by atoms with van der Waals surface area (Å²) in [4.78, 5) is 14.9. The van der Waals surface area contributed by atoms with Crippen LogP contribution in [0.25, 0.3) is 11.1 Å². The first-order valence-electron chi connectivity index (χ1n) is 8.95. The van der Waals surface area contributed by atoms with Gasteiger partial charge in [-0.05, 0) is 55.6 Å². The summed E-state index contributed by atoms with van der Waals surface area (Å²) in [6.07, 6.45) is 3.64. The van der Waals surface area contributed by atoms with Gasteiger partial charge in [0.25, 0.3) is 5.91 Å². The SMILES string of the molecule is CC[C@H](CNC(=O)c1ccc(-c2ccccc2)cc1)N1CCCC1. The minimum absolute atomic E-state index is 0.0206. The number of hydrogen-bond acceptors (Lipinski definition) is 2. The Morgan fingerprint density at radius 1 is 1.00 bits per heavy atom. The second-order valence-corrected chi connectivity index (χ2v) is 6.46. The summed E-state index contributed by atoms with van der Waals surface area (Å²) in [7, 11) is 0. The number of rotatable bonds is 6. The maximum atomic E-state index is 12.4. The van der Waals surface area contributed by atoms with Crippen molar-refractivity contribution in [3.05, 3.63) is 60.2 Å². The van der Waals surface area contributed by atoms with E-state index in [1.165, 1.54) is 31.5 Å². The lowest BCUT2D eigenvalue weighted by molar-refractivity contribution is 0.0937. The molecule has 1 saturated heterocycles. The molecule has 2 aromatic carbocycles. The molecule has 1 aliphatic heterocycles. The highest BCUT2D eigenvalue weighted by molar-refractivity contribution is 5.94. The molecule has 1 heterocycles. The van der Waals surface area contributed by atoms with Crippen molar-refractivity contribution in [3.8, 4) is 11.1 Å². The zero-order chi connectivity index (χ0) is 16.8. The molecule has 0 bridgehead atoms. The molecule has 3 heteroatoms. The van der Waals surface area contributed by atoms with E-state index in [0.717, 1.165) is 24.1 Å². The number of nitrogens with one attached hydrogen (secondary N) is 1. The monoisotopic (exact) mass is 322 g/mol. The van der Waals surface area contributed by atoms with Crippen LogP contribution in [-0.4, -0.2) is 36.5 Å². The van der Waals surface area contributed by atoms with Crippen LogP contribution in [0, 0.1) is 0 Å². The molecule has 24 heavy (non-hydrogen) atoms. The molecule has 0 aromatic heterocycles. The molecule has 3 nitrogen and oxygen atoms in total. The number of carbonyl (C=O) groups excluding carboxylic acids is 1. The average Bonchev–Trinajstić information content (AvgIpc) is 3.17. The Morgan fingerprint density at radius 3 is 2.25 bits per heavy atom. The van der Waals surface area contributed by atoms with Gasteiger partial charge < -0.3 is 5.32 Å². The van der Waals surface area contributed by atoms with Crippen molar-refractivity contribution < 1.29 is 4.79 Å². The average molecular weight is 322 g/mol. The molecule has 3 rings (SSSR count). The van der Waals surface area contributed by atoms with Crippen molar-refractivity contribution in [1.29, 1.82) is 0 Å². The quantitative estimate of drug-likeness (QED) is 0.873. The van der Waals surface area contributed by atoms with Gasteiger partial charge >= 0.3 is 0 Å². The van der Waals surface area contributed by atoms with E-state index in [2.05, 4.69) is 29.3 Å². The molecule has 2 aromatic rings. The van der Waals surface area contributed by atoms with Gasteiger partial charge in [0.15, 0.2) is 0 Å². The van der Waals surface area contributed by atoms with Crippen LogP contribution in [0.15, 0.2) is 54.6 Å². The highest BCUT2D eigenvalue weighted by atomic mass is 16.1. The predicted molar refractivity (Wildman–Crippen MR) is 99.1 cm³/mol. The molecule has 0 aliphatic carbocycles. The summed E-state index contributed by atoms with van der Waals surface area (Å²) < 4.78 is 0. The van der Waals surface area contributed by atoms with Gasteiger partial charge in [-0.3, -0.25) is 9.69 Å². The molecular weight excluding hydrogens is 296 g/mol. The third kappa shape index (κ3) is 4.04. The molecule has 1 N–H and O–H groups in total. The predicted octanol–water partition coefficient (Wildman–Crippen LogP) is 3.96. The van der Waals surface area contributed by atoms with E-state index in [0.29, 0.717) is 6.04 Å². The topological polar surface area (TPSA) is 32.3 Å². The summed E-state index contributed by atoms with van der Waals surface area (Å²) in [5, 5.41) is 3.11. The van der Waals surface area contributed by atoms with Crippen molar-refractivity contribution in [2.45, 2.75) is 32.2 Å². The Morgan fingerprint density at radius 2 is 1.62 bits per heavy atom. The lowest BCUT2D eigenvalue weighted by atomic mass is 10.0. The number of hydrogen-bond donors (Lipinski definition) is 1. The molecule has 1 aliphatic rings. The molecule has 0 saturated carbocycles. The molecule has 1 atom stereocenters. The van der Waals surface area contributed by atoms with Crippen LogP contribution >= 0.6 is 0 Å². The Balaban J connectivity index is 1.58. The third-order valence-corrected chi connectivity index (χ3v) is 4.88. The fourth-order valence-electron chi connectivity index (χ4n) is 3.40. The minimum Gasteiger partial charge on any atom is -0.350 e. The molecule has 0 unspecified atom stereocenters. The van der Waals surface area contributed by atoms with Crippen molar-refractivity contribution in [2.24, 2.45) is 0 Å². The van der Waals surface area contributed by atoms with Crippen molar-refractivity contribution >= 4 is 5.91 Å². The lowest BCUT2D eigenvalue weighted by Gasteiger charge is -2.26. The van der Waals surface area contributed by atoms with Crippen LogP contribution in [0.3, 0.4) is 0 Å². The number of carbonyl (C=O) groups is 1. The molecular formula is C21H26N2O. The molecule has 0 spiro atoms. The second-order valence-electron chi connectivity index (χ2n) is 6.46. The third-order valence-electron chi connectivity index (χ3n) is 4.88. The largest absolute Gasteiger partial charge is 0.350 e. The van der Waals surface area contributed by atoms with E-state index in [1.54, 1.807) is 0 Å². The first kappa shape index (κ1) is 16.7. The van der Waals surface area contributed by atoms with Gasteiger partial charge in [-0.1, -0.05) is 49.4 Å². The first-order valence-corrected chi connectivity index (χ1v) is 8.95. The van der Waals surface area contributed by atoms with Gasteiger partial charge in [0.2, 0.25) is 0 Å². The minimum atomic E-state index is 0.0206. The van der Waals surface area contributed by atoms with Crippen LogP contribution < -0.4 is 5.32 Å². The smallest absolute Gasteiger partial charge is 0.251 e. The number of amides is 1. The Bertz CT molecular complexity index is 645. The summed E-state index contributed by atoms with van der Waals surface area (Å²) in [6.45, 7) is 5.26. The highest BCUT2D eigenvalue weighted by Crippen LogP contribution is 2.19. The van der Waals surface area contributed by atoms with Gasteiger partial charge in [-0.2, -0.15) is 0 Å². The van der Waals surface area contributed by atoms with Crippen molar-refractivity contribution in [2.75, 3.05) is 19.6 Å². The maximum Gasteiger partial charge on any atom is 0.251 e. The van der Waals surface area contributed by atoms with Gasteiger partial charge in [0, 0.05) is 18.2 Å². The highest BCUT2D eigenvalue weighted by Gasteiger charge is 2.20. The number of nitrogens with zero attached hydrogens (tertiary/aromatic N) is 1. The zero-order valence-corrected chi connectivity index (χ0v) is 14.4. The standard InChI is InChI=1S/C21H26N2O/c1-2-20(23-14-6-7-15-23)16-22-21(24)19-12-10-18(11-13-19)17-8-4-3-5-9-17/h3-5,8-13,20H,2,6-7,14-16H2,1H3,(H,22,24)/t20-/m1/s1. The van der Waals surface area contributed by atoms with Gasteiger partial charge in [0.05, 0.1) is 0 Å². The zero-order valence-electron chi connectivity index (χ0n) is 14.4. The second kappa shape index (κ2) is 8.11. The molecule has 0 radical (unpaired) electrons. The van der Waals surface area contributed by atoms with Crippen LogP contribution in [0.5, 0.6) is 0 Å². The normalized spacial score (nSPS) is 16.0. The maximum absolute atomic E-state index is 12.4. The first-order chi connectivity index (χ1) is 11.8. The Labute approximate surface area is 144 Å². The van der Waals surface area contributed by atoms with E-state index in [1.807, 2.05) is 42.5 Å². The van der Waals surface area contributed by atoms with Gasteiger partial charge in [-0.15, -0.1) is 0 Å². The number of benzene rings is 2. The summed E-state index contributed by atoms with van der Waals surface area (Å²) in [5.41, 5.74) is 3.03.